The predicted octanol–water partition coefficient (Wildman–Crippen LogP) is 3.45. The van der Waals surface area contributed by atoms with Gasteiger partial charge < -0.3 is 25.8 Å². The van der Waals surface area contributed by atoms with Crippen LogP contribution in [0.15, 0.2) is 18.2 Å². The SMILES string of the molecule is CCOC(=O)CCCOc1cc(N)ccc1NC(=O)NC1CCCCC1. The number of nitrogen functional groups attached to an aromatic ring is 1. The first-order chi connectivity index (χ1) is 12.6. The molecule has 1 aromatic rings. The molecule has 0 heterocycles. The molecule has 0 aromatic heterocycles. The van der Waals surface area contributed by atoms with Gasteiger partial charge in [0.25, 0.3) is 0 Å². The molecule has 144 valence electrons. The topological polar surface area (TPSA) is 103 Å². The highest BCUT2D eigenvalue weighted by molar-refractivity contribution is 5.91. The molecule has 0 atom stereocenters. The number of urea groups is 1. The van der Waals surface area contributed by atoms with Crippen LogP contribution in [0.3, 0.4) is 0 Å². The van der Waals surface area contributed by atoms with Crippen LogP contribution in [0.5, 0.6) is 5.75 Å². The first-order valence-corrected chi connectivity index (χ1v) is 9.34. The zero-order valence-electron chi connectivity index (χ0n) is 15.4. The molecule has 1 fully saturated rings. The first-order valence-electron chi connectivity index (χ1n) is 9.34. The van der Waals surface area contributed by atoms with Crippen LogP contribution in [0.25, 0.3) is 0 Å². The monoisotopic (exact) mass is 363 g/mol. The molecule has 0 saturated heterocycles. The van der Waals surface area contributed by atoms with E-state index in [-0.39, 0.29) is 18.0 Å². The highest BCUT2D eigenvalue weighted by atomic mass is 16.5. The quantitative estimate of drug-likeness (QED) is 0.373. The second-order valence-corrected chi connectivity index (χ2v) is 6.45. The summed E-state index contributed by atoms with van der Waals surface area (Å²) in [5.74, 6) is 0.251. The lowest BCUT2D eigenvalue weighted by Gasteiger charge is -2.23. The number of nitrogens with two attached hydrogens (primary N) is 1. The molecule has 0 aliphatic heterocycles. The minimum Gasteiger partial charge on any atom is -0.491 e. The summed E-state index contributed by atoms with van der Waals surface area (Å²) in [4.78, 5) is 23.6. The summed E-state index contributed by atoms with van der Waals surface area (Å²) in [6.07, 6.45) is 6.41. The lowest BCUT2D eigenvalue weighted by atomic mass is 9.96. The van der Waals surface area contributed by atoms with Crippen molar-refractivity contribution in [1.82, 2.24) is 5.32 Å². The lowest BCUT2D eigenvalue weighted by molar-refractivity contribution is -0.143. The Kier molecular flexibility index (Phi) is 8.05. The second-order valence-electron chi connectivity index (χ2n) is 6.45. The van der Waals surface area contributed by atoms with Gasteiger partial charge in [0.15, 0.2) is 0 Å². The van der Waals surface area contributed by atoms with E-state index >= 15 is 0 Å². The third kappa shape index (κ3) is 6.82. The van der Waals surface area contributed by atoms with Crippen molar-refractivity contribution in [2.75, 3.05) is 24.3 Å². The minimum atomic E-state index is -0.242. The summed E-state index contributed by atoms with van der Waals surface area (Å²) in [5.41, 5.74) is 6.92. The van der Waals surface area contributed by atoms with Gasteiger partial charge in [-0.2, -0.15) is 0 Å². The Hall–Kier alpha value is -2.44. The van der Waals surface area contributed by atoms with Crippen LogP contribution in [0.4, 0.5) is 16.2 Å². The molecule has 1 aliphatic carbocycles. The second kappa shape index (κ2) is 10.5. The first kappa shape index (κ1) is 19.9. The maximum Gasteiger partial charge on any atom is 0.319 e. The van der Waals surface area contributed by atoms with Gasteiger partial charge in [-0.1, -0.05) is 19.3 Å². The van der Waals surface area contributed by atoms with Gasteiger partial charge in [0, 0.05) is 24.2 Å². The third-order valence-corrected chi connectivity index (χ3v) is 4.28. The van der Waals surface area contributed by atoms with Crippen molar-refractivity contribution in [2.24, 2.45) is 0 Å². The lowest BCUT2D eigenvalue weighted by Crippen LogP contribution is -2.39. The maximum absolute atomic E-state index is 12.2. The van der Waals surface area contributed by atoms with Gasteiger partial charge in [0.1, 0.15) is 5.75 Å². The molecule has 7 nitrogen and oxygen atoms in total. The standard InChI is InChI=1S/C19H29N3O4/c1-2-25-18(23)9-6-12-26-17-13-14(20)10-11-16(17)22-19(24)21-15-7-4-3-5-8-15/h10-11,13,15H,2-9,12,20H2,1H3,(H2,21,22,24). The van der Waals surface area contributed by atoms with E-state index in [2.05, 4.69) is 10.6 Å². The molecule has 26 heavy (non-hydrogen) atoms. The van der Waals surface area contributed by atoms with Crippen molar-refractivity contribution in [1.29, 1.82) is 0 Å². The van der Waals surface area contributed by atoms with Gasteiger partial charge in [-0.25, -0.2) is 4.79 Å². The number of hydrogen-bond donors (Lipinski definition) is 3. The minimum absolute atomic E-state index is 0.228. The molecule has 1 saturated carbocycles. The number of hydrogen-bond acceptors (Lipinski definition) is 5. The van der Waals surface area contributed by atoms with E-state index in [0.29, 0.717) is 43.2 Å². The van der Waals surface area contributed by atoms with Gasteiger partial charge in [-0.3, -0.25) is 4.79 Å². The predicted molar refractivity (Wildman–Crippen MR) is 101 cm³/mol. The van der Waals surface area contributed by atoms with Crippen LogP contribution in [-0.4, -0.2) is 31.3 Å². The Balaban J connectivity index is 1.85. The fourth-order valence-electron chi connectivity index (χ4n) is 2.98. The zero-order chi connectivity index (χ0) is 18.8. The van der Waals surface area contributed by atoms with E-state index in [0.717, 1.165) is 25.7 Å². The van der Waals surface area contributed by atoms with Gasteiger partial charge in [-0.05, 0) is 38.3 Å². The molecule has 7 heteroatoms. The Morgan fingerprint density at radius 1 is 1.23 bits per heavy atom. The van der Waals surface area contributed by atoms with E-state index in [1.165, 1.54) is 6.42 Å². The molecule has 4 N–H and O–H groups in total. The van der Waals surface area contributed by atoms with Crippen LogP contribution < -0.4 is 21.1 Å². The number of carbonyl (C=O) groups is 2. The molecule has 1 aliphatic rings. The Bertz CT molecular complexity index is 600. The van der Waals surface area contributed by atoms with E-state index in [4.69, 9.17) is 15.2 Å². The fourth-order valence-corrected chi connectivity index (χ4v) is 2.98. The van der Waals surface area contributed by atoms with E-state index in [1.807, 2.05) is 0 Å². The number of anilines is 2. The molecule has 0 radical (unpaired) electrons. The van der Waals surface area contributed by atoms with Crippen molar-refractivity contribution in [3.05, 3.63) is 18.2 Å². The number of rotatable bonds is 8. The average molecular weight is 363 g/mol. The number of nitrogens with one attached hydrogen (secondary N) is 2. The fraction of sp³-hybridized carbons (Fsp3) is 0.579. The molecule has 2 amide bonds. The van der Waals surface area contributed by atoms with E-state index < -0.39 is 0 Å². The van der Waals surface area contributed by atoms with Crippen molar-refractivity contribution in [3.63, 3.8) is 0 Å². The summed E-state index contributed by atoms with van der Waals surface area (Å²) in [6, 6.07) is 5.09. The van der Waals surface area contributed by atoms with Crippen molar-refractivity contribution >= 4 is 23.4 Å². The normalized spacial score (nSPS) is 14.5. The van der Waals surface area contributed by atoms with Crippen LogP contribution in [-0.2, 0) is 9.53 Å². The van der Waals surface area contributed by atoms with Gasteiger partial charge in [-0.15, -0.1) is 0 Å². The maximum atomic E-state index is 12.2. The molecular weight excluding hydrogens is 334 g/mol. The number of benzene rings is 1. The van der Waals surface area contributed by atoms with E-state index in [1.54, 1.807) is 25.1 Å². The van der Waals surface area contributed by atoms with Crippen LogP contribution >= 0.6 is 0 Å². The summed E-state index contributed by atoms with van der Waals surface area (Å²) in [6.45, 7) is 2.48. The Labute approximate surface area is 154 Å². The highest BCUT2D eigenvalue weighted by Crippen LogP contribution is 2.27. The summed E-state index contributed by atoms with van der Waals surface area (Å²) in [5, 5.41) is 5.84. The van der Waals surface area contributed by atoms with Crippen LogP contribution in [0.1, 0.15) is 51.9 Å². The summed E-state index contributed by atoms with van der Waals surface area (Å²) >= 11 is 0. The van der Waals surface area contributed by atoms with E-state index in [9.17, 15) is 9.59 Å². The molecule has 2 rings (SSSR count). The Morgan fingerprint density at radius 3 is 2.73 bits per heavy atom. The van der Waals surface area contributed by atoms with Gasteiger partial charge in [0.05, 0.1) is 18.9 Å². The van der Waals surface area contributed by atoms with Crippen molar-refractivity contribution < 1.29 is 19.1 Å². The summed E-state index contributed by atoms with van der Waals surface area (Å²) < 4.78 is 10.6. The summed E-state index contributed by atoms with van der Waals surface area (Å²) in [7, 11) is 0. The van der Waals surface area contributed by atoms with Crippen molar-refractivity contribution in [2.45, 2.75) is 57.9 Å². The number of ether oxygens (including phenoxy) is 2. The molecule has 0 unspecified atom stereocenters. The third-order valence-electron chi connectivity index (χ3n) is 4.28. The number of amides is 2. The van der Waals surface area contributed by atoms with Crippen LogP contribution in [0.2, 0.25) is 0 Å². The molecular formula is C19H29N3O4. The number of esters is 1. The van der Waals surface area contributed by atoms with Gasteiger partial charge >= 0.3 is 12.0 Å². The molecule has 0 bridgehead atoms. The Morgan fingerprint density at radius 2 is 2.00 bits per heavy atom. The molecule has 0 spiro atoms. The largest absolute Gasteiger partial charge is 0.491 e. The van der Waals surface area contributed by atoms with Gasteiger partial charge in [0.2, 0.25) is 0 Å². The number of carbonyl (C=O) groups excluding carboxylic acids is 2. The van der Waals surface area contributed by atoms with Crippen LogP contribution in [0, 0.1) is 0 Å². The zero-order valence-corrected chi connectivity index (χ0v) is 15.4. The van der Waals surface area contributed by atoms with Crippen molar-refractivity contribution in [3.8, 4) is 5.75 Å². The highest BCUT2D eigenvalue weighted by Gasteiger charge is 2.16. The average Bonchev–Trinajstić information content (AvgIpc) is 2.62. The smallest absolute Gasteiger partial charge is 0.319 e. The molecule has 1 aromatic carbocycles.